The van der Waals surface area contributed by atoms with Gasteiger partial charge in [-0.15, -0.1) is 0 Å². The fourth-order valence-corrected chi connectivity index (χ4v) is 6.44. The molecule has 4 aromatic rings. The van der Waals surface area contributed by atoms with Crippen LogP contribution in [0, 0.1) is 18.3 Å². The third kappa shape index (κ3) is 3.50. The summed E-state index contributed by atoms with van der Waals surface area (Å²) < 4.78 is 9.26. The predicted molar refractivity (Wildman–Crippen MR) is 142 cm³/mol. The van der Waals surface area contributed by atoms with Gasteiger partial charge in [0.25, 0.3) is 0 Å². The Kier molecular flexibility index (Phi) is 4.99. The van der Waals surface area contributed by atoms with Crippen molar-refractivity contribution in [2.75, 3.05) is 0 Å². The molecule has 2 heteroatoms. The number of hydrogen-bond acceptors (Lipinski definition) is 1. The van der Waals surface area contributed by atoms with Gasteiger partial charge in [-0.05, 0) is 64.5 Å². The van der Waals surface area contributed by atoms with Gasteiger partial charge in [0.2, 0.25) is 5.69 Å². The zero-order valence-electron chi connectivity index (χ0n) is 21.3. The summed E-state index contributed by atoms with van der Waals surface area (Å²) in [6.07, 6.45) is 9.89. The molecule has 0 saturated heterocycles. The lowest BCUT2D eigenvalue weighted by Gasteiger charge is -2.28. The van der Waals surface area contributed by atoms with E-state index < -0.39 is 0 Å². The zero-order valence-corrected chi connectivity index (χ0v) is 21.3. The first-order chi connectivity index (χ1) is 16.3. The lowest BCUT2D eigenvalue weighted by Crippen LogP contribution is -2.32. The van der Waals surface area contributed by atoms with Crippen molar-refractivity contribution in [2.45, 2.75) is 66.2 Å². The molecule has 1 aliphatic carbocycles. The van der Waals surface area contributed by atoms with Gasteiger partial charge in [-0.3, -0.25) is 0 Å². The molecule has 34 heavy (non-hydrogen) atoms. The summed E-state index contributed by atoms with van der Waals surface area (Å²) in [6.45, 7) is 9.24. The minimum atomic E-state index is 0.161. The first-order valence-electron chi connectivity index (χ1n) is 13.0. The summed E-state index contributed by atoms with van der Waals surface area (Å²) in [7, 11) is 2.18. The molecule has 0 amide bonds. The SMILES string of the molecule is Cc1c2c(c(CC(C)(C)C)c3ccccc13)Oc1cc(CC3CCCC3)cc3cc[n+](C)c-2c13. The van der Waals surface area contributed by atoms with Gasteiger partial charge in [0.05, 0.1) is 10.9 Å². The van der Waals surface area contributed by atoms with Crippen LogP contribution in [0.3, 0.4) is 0 Å². The standard InChI is InChI=1S/C32H36NO/c1-20-24-12-8-9-13-25(24)26(19-32(2,3)4)31-28(20)30-29-23(14-15-33(30)5)17-22(18-27(29)34-31)16-21-10-6-7-11-21/h8-9,12-15,17-18,21H,6-7,10-11,16,19H2,1-5H3/q+1. The molecule has 0 N–H and O–H groups in total. The Labute approximate surface area is 203 Å². The molecule has 1 fully saturated rings. The average molecular weight is 451 g/mol. The second-order valence-corrected chi connectivity index (χ2v) is 11.9. The molecule has 1 aliphatic heterocycles. The lowest BCUT2D eigenvalue weighted by atomic mass is 9.81. The van der Waals surface area contributed by atoms with E-state index in [1.54, 1.807) is 0 Å². The topological polar surface area (TPSA) is 13.1 Å². The van der Waals surface area contributed by atoms with E-state index in [1.165, 1.54) is 81.6 Å². The maximum absolute atomic E-state index is 6.96. The van der Waals surface area contributed by atoms with Gasteiger partial charge in [-0.2, -0.15) is 0 Å². The smallest absolute Gasteiger partial charge is 0.228 e. The maximum atomic E-state index is 6.96. The van der Waals surface area contributed by atoms with Crippen LogP contribution in [0.2, 0.25) is 0 Å². The van der Waals surface area contributed by atoms with Gasteiger partial charge in [0.1, 0.15) is 18.5 Å². The van der Waals surface area contributed by atoms with Crippen molar-refractivity contribution in [3.8, 4) is 22.8 Å². The zero-order chi connectivity index (χ0) is 23.6. The van der Waals surface area contributed by atoms with E-state index >= 15 is 0 Å². The van der Waals surface area contributed by atoms with Crippen LogP contribution in [0.5, 0.6) is 11.5 Å². The first-order valence-corrected chi connectivity index (χ1v) is 13.0. The Bertz CT molecular complexity index is 1430. The van der Waals surface area contributed by atoms with Gasteiger partial charge < -0.3 is 4.74 Å². The molecular formula is C32H36NO+. The summed E-state index contributed by atoms with van der Waals surface area (Å²) in [4.78, 5) is 0. The second kappa shape index (κ2) is 7.83. The Morgan fingerprint density at radius 2 is 1.74 bits per heavy atom. The van der Waals surface area contributed by atoms with Crippen LogP contribution in [0.1, 0.15) is 63.1 Å². The summed E-state index contributed by atoms with van der Waals surface area (Å²) in [6, 6.07) is 15.9. The maximum Gasteiger partial charge on any atom is 0.228 e. The molecular weight excluding hydrogens is 414 g/mol. The Morgan fingerprint density at radius 3 is 2.47 bits per heavy atom. The highest BCUT2D eigenvalue weighted by Crippen LogP contribution is 2.52. The highest BCUT2D eigenvalue weighted by atomic mass is 16.5. The minimum Gasteiger partial charge on any atom is -0.455 e. The third-order valence-electron chi connectivity index (χ3n) is 7.95. The van der Waals surface area contributed by atoms with Crippen molar-refractivity contribution < 1.29 is 9.30 Å². The quantitative estimate of drug-likeness (QED) is 0.252. The van der Waals surface area contributed by atoms with Crippen LogP contribution in [-0.2, 0) is 19.9 Å². The number of nitrogens with zero attached hydrogens (tertiary/aromatic N) is 1. The Morgan fingerprint density at radius 1 is 1.00 bits per heavy atom. The van der Waals surface area contributed by atoms with Gasteiger partial charge in [-0.1, -0.05) is 76.8 Å². The van der Waals surface area contributed by atoms with E-state index in [2.05, 4.69) is 88.0 Å². The summed E-state index contributed by atoms with van der Waals surface area (Å²) >= 11 is 0. The molecule has 0 spiro atoms. The number of aromatic nitrogens is 1. The molecule has 1 aromatic heterocycles. The second-order valence-electron chi connectivity index (χ2n) is 11.9. The lowest BCUT2D eigenvalue weighted by molar-refractivity contribution is -0.659. The highest BCUT2D eigenvalue weighted by Gasteiger charge is 2.34. The molecule has 0 unspecified atom stereocenters. The van der Waals surface area contributed by atoms with Crippen molar-refractivity contribution in [3.63, 3.8) is 0 Å². The molecule has 6 rings (SSSR count). The molecule has 0 radical (unpaired) electrons. The van der Waals surface area contributed by atoms with Crippen molar-refractivity contribution in [2.24, 2.45) is 18.4 Å². The molecule has 1 saturated carbocycles. The first kappa shape index (κ1) is 21.6. The molecule has 0 atom stereocenters. The van der Waals surface area contributed by atoms with Gasteiger partial charge >= 0.3 is 0 Å². The summed E-state index contributed by atoms with van der Waals surface area (Å²) in [5.74, 6) is 2.93. The number of rotatable bonds is 3. The van der Waals surface area contributed by atoms with Gasteiger partial charge in [0, 0.05) is 11.6 Å². The molecule has 2 heterocycles. The van der Waals surface area contributed by atoms with Gasteiger partial charge in [-0.25, -0.2) is 4.57 Å². The fourth-order valence-electron chi connectivity index (χ4n) is 6.44. The molecule has 0 bridgehead atoms. The fraction of sp³-hybridized carbons (Fsp3) is 0.406. The van der Waals surface area contributed by atoms with Crippen molar-refractivity contribution in [1.29, 1.82) is 0 Å². The molecule has 2 aliphatic rings. The largest absolute Gasteiger partial charge is 0.455 e. The van der Waals surface area contributed by atoms with Crippen LogP contribution < -0.4 is 9.30 Å². The number of fused-ring (bicyclic) bond motifs is 3. The van der Waals surface area contributed by atoms with Crippen LogP contribution >= 0.6 is 0 Å². The molecule has 2 nitrogen and oxygen atoms in total. The third-order valence-corrected chi connectivity index (χ3v) is 7.95. The van der Waals surface area contributed by atoms with E-state index in [0.29, 0.717) is 0 Å². The minimum absolute atomic E-state index is 0.161. The number of pyridine rings is 1. The number of aryl methyl sites for hydroxylation is 2. The number of ether oxygens (including phenoxy) is 1. The number of hydrogen-bond donors (Lipinski definition) is 0. The van der Waals surface area contributed by atoms with Crippen LogP contribution in [0.4, 0.5) is 0 Å². The molecule has 174 valence electrons. The Hall–Kier alpha value is -2.87. The van der Waals surface area contributed by atoms with Crippen molar-refractivity contribution in [3.05, 3.63) is 65.4 Å². The van der Waals surface area contributed by atoms with Crippen LogP contribution in [-0.4, -0.2) is 0 Å². The van der Waals surface area contributed by atoms with Crippen LogP contribution in [0.25, 0.3) is 32.8 Å². The summed E-state index contributed by atoms with van der Waals surface area (Å²) in [5.41, 5.74) is 6.79. The van der Waals surface area contributed by atoms with E-state index in [4.69, 9.17) is 4.74 Å². The van der Waals surface area contributed by atoms with E-state index in [-0.39, 0.29) is 5.41 Å². The van der Waals surface area contributed by atoms with Gasteiger partial charge in [0.15, 0.2) is 6.20 Å². The van der Waals surface area contributed by atoms with Crippen molar-refractivity contribution in [1.82, 2.24) is 0 Å². The van der Waals surface area contributed by atoms with E-state index in [9.17, 15) is 0 Å². The van der Waals surface area contributed by atoms with Crippen LogP contribution in [0.15, 0.2) is 48.7 Å². The Balaban J connectivity index is 1.64. The number of benzene rings is 3. The molecule has 3 aromatic carbocycles. The highest BCUT2D eigenvalue weighted by molar-refractivity contribution is 6.06. The van der Waals surface area contributed by atoms with Crippen molar-refractivity contribution >= 4 is 21.5 Å². The predicted octanol–water partition coefficient (Wildman–Crippen LogP) is 8.22. The van der Waals surface area contributed by atoms with E-state index in [1.807, 2.05) is 0 Å². The average Bonchev–Trinajstić information content (AvgIpc) is 3.30. The summed E-state index contributed by atoms with van der Waals surface area (Å²) in [5, 5.41) is 5.22. The monoisotopic (exact) mass is 450 g/mol. The normalized spacial score (nSPS) is 15.7. The van der Waals surface area contributed by atoms with E-state index in [0.717, 1.165) is 23.8 Å².